The van der Waals surface area contributed by atoms with Gasteiger partial charge in [0.2, 0.25) is 0 Å². The van der Waals surface area contributed by atoms with E-state index in [9.17, 15) is 0 Å². The Morgan fingerprint density at radius 1 is 1.03 bits per heavy atom. The molecule has 1 aliphatic heterocycles. The molecule has 0 N–H and O–H groups in total. The highest BCUT2D eigenvalue weighted by molar-refractivity contribution is 7.80. The third kappa shape index (κ3) is 5.60. The highest BCUT2D eigenvalue weighted by atomic mass is 35.5. The molecule has 33 heavy (non-hydrogen) atoms. The zero-order valence-electron chi connectivity index (χ0n) is 19.1. The van der Waals surface area contributed by atoms with Crippen molar-refractivity contribution in [2.75, 3.05) is 20.3 Å². The van der Waals surface area contributed by atoms with Crippen LogP contribution in [-0.2, 0) is 6.42 Å². The first kappa shape index (κ1) is 23.4. The second kappa shape index (κ2) is 10.4. The van der Waals surface area contributed by atoms with Gasteiger partial charge in [0.15, 0.2) is 0 Å². The Morgan fingerprint density at radius 3 is 2.45 bits per heavy atom. The summed E-state index contributed by atoms with van der Waals surface area (Å²) < 4.78 is 17.4. The van der Waals surface area contributed by atoms with E-state index >= 15 is 0 Å². The van der Waals surface area contributed by atoms with Gasteiger partial charge < -0.3 is 19.1 Å². The number of nitrogens with zero attached hydrogens (tertiary/aromatic N) is 1. The Labute approximate surface area is 206 Å². The summed E-state index contributed by atoms with van der Waals surface area (Å²) in [7, 11) is 1.65. The molecule has 0 fully saturated rings. The van der Waals surface area contributed by atoms with Gasteiger partial charge >= 0.3 is 0 Å². The predicted octanol–water partition coefficient (Wildman–Crippen LogP) is 6.49. The maximum absolute atomic E-state index is 6.24. The zero-order valence-corrected chi connectivity index (χ0v) is 20.7. The number of thiocarbonyl (C=S) groups is 1. The summed E-state index contributed by atoms with van der Waals surface area (Å²) in [5.74, 6) is 2.48. The average Bonchev–Trinajstić information content (AvgIpc) is 2.81. The molecule has 172 valence electrons. The third-order valence-electron chi connectivity index (χ3n) is 5.64. The summed E-state index contributed by atoms with van der Waals surface area (Å²) >= 11 is 12.2. The maximum atomic E-state index is 6.24. The van der Waals surface area contributed by atoms with Crippen molar-refractivity contribution < 1.29 is 14.2 Å². The monoisotopic (exact) mass is 481 g/mol. The highest BCUT2D eigenvalue weighted by Gasteiger charge is 2.30. The van der Waals surface area contributed by atoms with Gasteiger partial charge in [-0.1, -0.05) is 42.0 Å². The second-order valence-electron chi connectivity index (χ2n) is 8.29. The van der Waals surface area contributed by atoms with Crippen molar-refractivity contribution in [1.29, 1.82) is 0 Å². The van der Waals surface area contributed by atoms with Crippen LogP contribution in [0.5, 0.6) is 17.2 Å². The Bertz CT molecular complexity index is 1120. The van der Waals surface area contributed by atoms with E-state index in [2.05, 4.69) is 17.0 Å². The lowest BCUT2D eigenvalue weighted by Crippen LogP contribution is -2.42. The first-order valence-electron chi connectivity index (χ1n) is 11.1. The number of hydrogen-bond acceptors (Lipinski definition) is 4. The standard InChI is InChI=1S/C27H28ClNO3S/c1-18(2)32-24-11-12-25-19(16-24)13-14-29(27(33)20-5-4-6-21(28)15-20)26(25)17-31-23-9-7-22(30-3)8-10-23/h4-12,15-16,18,26H,13-14,17H2,1-3H3/t26-/m1/s1. The number of hydrogen-bond donors (Lipinski definition) is 0. The number of halogens is 1. The summed E-state index contributed by atoms with van der Waals surface area (Å²) in [6, 6.07) is 21.6. The molecule has 4 nitrogen and oxygen atoms in total. The lowest BCUT2D eigenvalue weighted by Gasteiger charge is -2.39. The molecule has 0 aliphatic carbocycles. The minimum absolute atomic E-state index is 0.0320. The summed E-state index contributed by atoms with van der Waals surface area (Å²) in [5.41, 5.74) is 3.41. The fourth-order valence-corrected chi connectivity index (χ4v) is 4.63. The smallest absolute Gasteiger partial charge is 0.119 e. The molecule has 1 aliphatic rings. The molecule has 0 radical (unpaired) electrons. The Kier molecular flexibility index (Phi) is 7.41. The molecule has 0 spiro atoms. The largest absolute Gasteiger partial charge is 0.497 e. The molecular formula is C27H28ClNO3S. The summed E-state index contributed by atoms with van der Waals surface area (Å²) in [6.07, 6.45) is 1.01. The third-order valence-corrected chi connectivity index (χ3v) is 6.35. The van der Waals surface area contributed by atoms with Gasteiger partial charge in [0.1, 0.15) is 28.8 Å². The van der Waals surface area contributed by atoms with Crippen LogP contribution >= 0.6 is 23.8 Å². The van der Waals surface area contributed by atoms with Crippen LogP contribution in [-0.4, -0.2) is 36.3 Å². The minimum Gasteiger partial charge on any atom is -0.497 e. The molecule has 0 saturated carbocycles. The molecule has 1 atom stereocenters. The number of fused-ring (bicyclic) bond motifs is 1. The van der Waals surface area contributed by atoms with E-state index in [0.717, 1.165) is 40.8 Å². The van der Waals surface area contributed by atoms with Gasteiger partial charge in [-0.05, 0) is 79.9 Å². The van der Waals surface area contributed by atoms with Crippen molar-refractivity contribution >= 4 is 28.8 Å². The topological polar surface area (TPSA) is 30.9 Å². The van der Waals surface area contributed by atoms with Crippen LogP contribution in [0.1, 0.15) is 36.6 Å². The maximum Gasteiger partial charge on any atom is 0.119 e. The highest BCUT2D eigenvalue weighted by Crippen LogP contribution is 2.35. The molecule has 0 amide bonds. The predicted molar refractivity (Wildman–Crippen MR) is 137 cm³/mol. The van der Waals surface area contributed by atoms with Crippen LogP contribution < -0.4 is 14.2 Å². The van der Waals surface area contributed by atoms with Crippen molar-refractivity contribution in [2.24, 2.45) is 0 Å². The molecule has 6 heteroatoms. The Hall–Kier alpha value is -2.76. The lowest BCUT2D eigenvalue weighted by atomic mass is 9.92. The van der Waals surface area contributed by atoms with Gasteiger partial charge in [0.05, 0.1) is 19.3 Å². The molecule has 3 aromatic rings. The van der Waals surface area contributed by atoms with Crippen molar-refractivity contribution in [3.8, 4) is 17.2 Å². The zero-order chi connectivity index (χ0) is 23.4. The van der Waals surface area contributed by atoms with E-state index in [1.807, 2.05) is 68.4 Å². The molecule has 4 rings (SSSR count). The Morgan fingerprint density at radius 2 is 1.76 bits per heavy atom. The van der Waals surface area contributed by atoms with Crippen LogP contribution in [0, 0.1) is 0 Å². The van der Waals surface area contributed by atoms with Crippen LogP contribution in [0.4, 0.5) is 0 Å². The average molecular weight is 482 g/mol. The first-order valence-corrected chi connectivity index (χ1v) is 11.9. The minimum atomic E-state index is -0.0320. The van der Waals surface area contributed by atoms with Gasteiger partial charge in [-0.2, -0.15) is 0 Å². The lowest BCUT2D eigenvalue weighted by molar-refractivity contribution is 0.190. The van der Waals surface area contributed by atoms with Crippen LogP contribution in [0.3, 0.4) is 0 Å². The molecule has 3 aromatic carbocycles. The number of methoxy groups -OCH3 is 1. The van der Waals surface area contributed by atoms with Gasteiger partial charge in [-0.25, -0.2) is 0 Å². The van der Waals surface area contributed by atoms with E-state index in [1.165, 1.54) is 11.1 Å². The summed E-state index contributed by atoms with van der Waals surface area (Å²) in [6.45, 7) is 5.33. The van der Waals surface area contributed by atoms with E-state index in [0.29, 0.717) is 11.6 Å². The van der Waals surface area contributed by atoms with Gasteiger partial charge in [0.25, 0.3) is 0 Å². The van der Waals surface area contributed by atoms with Gasteiger partial charge in [-0.3, -0.25) is 0 Å². The van der Waals surface area contributed by atoms with Gasteiger partial charge in [0, 0.05) is 17.1 Å². The molecule has 0 bridgehead atoms. The van der Waals surface area contributed by atoms with E-state index in [4.69, 9.17) is 38.0 Å². The van der Waals surface area contributed by atoms with E-state index in [-0.39, 0.29) is 12.1 Å². The van der Waals surface area contributed by atoms with Crippen molar-refractivity contribution in [2.45, 2.75) is 32.4 Å². The molecule has 0 saturated heterocycles. The normalized spacial score (nSPS) is 15.2. The first-order chi connectivity index (χ1) is 15.9. The molecule has 1 heterocycles. The SMILES string of the molecule is COc1ccc(OC[C@@H]2c3ccc(OC(C)C)cc3CCN2C(=S)c2cccc(Cl)c2)cc1. The number of ether oxygens (including phenoxy) is 3. The summed E-state index contributed by atoms with van der Waals surface area (Å²) in [5, 5.41) is 0.675. The number of benzene rings is 3. The quantitative estimate of drug-likeness (QED) is 0.360. The van der Waals surface area contributed by atoms with E-state index in [1.54, 1.807) is 7.11 Å². The van der Waals surface area contributed by atoms with Crippen molar-refractivity contribution in [3.05, 3.63) is 88.4 Å². The molecule has 0 unspecified atom stereocenters. The second-order valence-corrected chi connectivity index (χ2v) is 9.11. The van der Waals surface area contributed by atoms with Crippen LogP contribution in [0.2, 0.25) is 5.02 Å². The van der Waals surface area contributed by atoms with E-state index < -0.39 is 0 Å². The Balaban J connectivity index is 1.63. The van der Waals surface area contributed by atoms with Crippen molar-refractivity contribution in [1.82, 2.24) is 4.90 Å². The molecule has 0 aromatic heterocycles. The fraction of sp³-hybridized carbons (Fsp3) is 0.296. The fourth-order valence-electron chi connectivity index (χ4n) is 4.09. The molecular weight excluding hydrogens is 454 g/mol. The summed E-state index contributed by atoms with van der Waals surface area (Å²) in [4.78, 5) is 3.02. The van der Waals surface area contributed by atoms with Crippen LogP contribution in [0.15, 0.2) is 66.7 Å². The number of rotatable bonds is 7. The van der Waals surface area contributed by atoms with Crippen molar-refractivity contribution in [3.63, 3.8) is 0 Å². The van der Waals surface area contributed by atoms with Crippen LogP contribution in [0.25, 0.3) is 0 Å². The van der Waals surface area contributed by atoms with Gasteiger partial charge in [-0.15, -0.1) is 0 Å².